The molecule has 2 N–H and O–H groups in total. The Morgan fingerprint density at radius 2 is 0.846 bits per heavy atom. The predicted molar refractivity (Wildman–Crippen MR) is 36.6 cm³/mol. The Balaban J connectivity index is -0.000000143. The number of rotatable bonds is 2. The molecule has 0 aromatic heterocycles. The second-order valence-electron chi connectivity index (χ2n) is 1.72. The zero-order valence-electron chi connectivity index (χ0n) is 6.83. The van der Waals surface area contributed by atoms with Crippen molar-refractivity contribution < 1.29 is 51.8 Å². The van der Waals surface area contributed by atoms with Gasteiger partial charge in [-0.25, -0.2) is 9.59 Å². The molecule has 0 aliphatic carbocycles. The van der Waals surface area contributed by atoms with Crippen LogP contribution in [-0.2, 0) is 41.6 Å². The number of Topliss-reactive ketones (excluding diaryl/α,β-unsaturated/α-hetero) is 2. The van der Waals surface area contributed by atoms with Crippen LogP contribution in [0.15, 0.2) is 0 Å². The standard InChI is InChI=1S/2C3H4O3.Ag/c2*1-2(4)3(5)6;/h2*1H3,(H,5,6);. The van der Waals surface area contributed by atoms with Gasteiger partial charge >= 0.3 is 11.9 Å². The Morgan fingerprint density at radius 1 is 0.769 bits per heavy atom. The van der Waals surface area contributed by atoms with Crippen molar-refractivity contribution in [3.63, 3.8) is 0 Å². The summed E-state index contributed by atoms with van der Waals surface area (Å²) in [5, 5.41) is 15.3. The Labute approximate surface area is 89.4 Å². The number of hydrogen-bond donors (Lipinski definition) is 2. The Kier molecular flexibility index (Phi) is 12.6. The van der Waals surface area contributed by atoms with E-state index in [0.29, 0.717) is 0 Å². The molecule has 79 valence electrons. The van der Waals surface area contributed by atoms with Gasteiger partial charge in [0.1, 0.15) is 0 Å². The Hall–Kier alpha value is -0.980. The normalized spacial score (nSPS) is 6.92. The van der Waals surface area contributed by atoms with Gasteiger partial charge in [0, 0.05) is 36.2 Å². The second-order valence-corrected chi connectivity index (χ2v) is 1.72. The molecule has 0 bridgehead atoms. The third-order valence-corrected chi connectivity index (χ3v) is 0.602. The molecule has 0 aliphatic rings. The molecule has 13 heavy (non-hydrogen) atoms. The minimum atomic E-state index is -1.38. The summed E-state index contributed by atoms with van der Waals surface area (Å²) in [6.07, 6.45) is 0. The smallest absolute Gasteiger partial charge is 0.371 e. The predicted octanol–water partition coefficient (Wildman–Crippen LogP) is -0.683. The first-order valence-corrected chi connectivity index (χ1v) is 2.76. The third-order valence-electron chi connectivity index (χ3n) is 0.602. The number of carbonyl (C=O) groups excluding carboxylic acids is 2. The van der Waals surface area contributed by atoms with E-state index < -0.39 is 23.5 Å². The summed E-state index contributed by atoms with van der Waals surface area (Å²) in [6, 6.07) is 0. The number of carboxylic acids is 2. The van der Waals surface area contributed by atoms with E-state index in [1.165, 1.54) is 0 Å². The number of carboxylic acid groups (broad SMARTS) is 2. The summed E-state index contributed by atoms with van der Waals surface area (Å²) in [5.74, 6) is -4.41. The minimum Gasteiger partial charge on any atom is -0.476 e. The Morgan fingerprint density at radius 3 is 0.846 bits per heavy atom. The molecule has 7 heteroatoms. The number of aliphatic carboxylic acids is 2. The number of carbonyl (C=O) groups is 4. The maximum atomic E-state index is 9.54. The van der Waals surface area contributed by atoms with Crippen LogP contribution in [0.25, 0.3) is 0 Å². The van der Waals surface area contributed by atoms with Gasteiger partial charge in [-0.3, -0.25) is 9.59 Å². The fraction of sp³-hybridized carbons (Fsp3) is 0.333. The molecule has 1 radical (unpaired) electrons. The SMILES string of the molecule is CC(=O)C(=O)O.CC(=O)C(=O)O.[Ag]. The molecule has 0 aliphatic heterocycles. The van der Waals surface area contributed by atoms with Crippen molar-refractivity contribution in [3.05, 3.63) is 0 Å². The molecule has 0 fully saturated rings. The number of hydrogen-bond acceptors (Lipinski definition) is 4. The maximum Gasteiger partial charge on any atom is 0.371 e. The van der Waals surface area contributed by atoms with Crippen LogP contribution in [-0.4, -0.2) is 33.7 Å². The summed E-state index contributed by atoms with van der Waals surface area (Å²) in [5.41, 5.74) is 0. The number of ketones is 2. The molecule has 0 saturated carbocycles. The fourth-order valence-corrected chi connectivity index (χ4v) is 0. The summed E-state index contributed by atoms with van der Waals surface area (Å²) in [4.78, 5) is 37.8. The molecular weight excluding hydrogens is 276 g/mol. The maximum absolute atomic E-state index is 9.54. The van der Waals surface area contributed by atoms with Gasteiger partial charge in [-0.15, -0.1) is 0 Å². The van der Waals surface area contributed by atoms with Crippen LogP contribution in [0.1, 0.15) is 13.8 Å². The van der Waals surface area contributed by atoms with E-state index in [1.807, 2.05) is 0 Å². The van der Waals surface area contributed by atoms with Gasteiger partial charge in [0.15, 0.2) is 0 Å². The topological polar surface area (TPSA) is 109 Å². The van der Waals surface area contributed by atoms with E-state index in [1.54, 1.807) is 0 Å². The first-order chi connectivity index (χ1) is 5.29. The van der Waals surface area contributed by atoms with Crippen molar-refractivity contribution >= 4 is 23.5 Å². The zero-order valence-corrected chi connectivity index (χ0v) is 8.31. The van der Waals surface area contributed by atoms with Gasteiger partial charge in [-0.1, -0.05) is 0 Å². The van der Waals surface area contributed by atoms with E-state index in [0.717, 1.165) is 13.8 Å². The van der Waals surface area contributed by atoms with E-state index in [4.69, 9.17) is 10.2 Å². The summed E-state index contributed by atoms with van der Waals surface area (Å²) in [7, 11) is 0. The van der Waals surface area contributed by atoms with Crippen molar-refractivity contribution in [2.45, 2.75) is 13.8 Å². The van der Waals surface area contributed by atoms with E-state index in [9.17, 15) is 19.2 Å². The second kappa shape index (κ2) is 9.11. The molecule has 0 aromatic rings. The molecule has 0 rings (SSSR count). The van der Waals surface area contributed by atoms with E-state index in [2.05, 4.69) is 0 Å². The molecule has 0 saturated heterocycles. The van der Waals surface area contributed by atoms with Gasteiger partial charge < -0.3 is 10.2 Å². The van der Waals surface area contributed by atoms with Crippen molar-refractivity contribution in [3.8, 4) is 0 Å². The van der Waals surface area contributed by atoms with Crippen molar-refractivity contribution in [2.75, 3.05) is 0 Å². The minimum absolute atomic E-state index is 0. The molecule has 0 heterocycles. The molecule has 6 nitrogen and oxygen atoms in total. The van der Waals surface area contributed by atoms with Crippen LogP contribution in [0.5, 0.6) is 0 Å². The summed E-state index contributed by atoms with van der Waals surface area (Å²) < 4.78 is 0. The first kappa shape index (κ1) is 17.9. The van der Waals surface area contributed by atoms with Gasteiger partial charge in [0.2, 0.25) is 11.6 Å². The molecule has 0 atom stereocenters. The molecule has 0 amide bonds. The molecular formula is C6H8AgO6. The van der Waals surface area contributed by atoms with E-state index >= 15 is 0 Å². The van der Waals surface area contributed by atoms with Crippen molar-refractivity contribution in [1.29, 1.82) is 0 Å². The largest absolute Gasteiger partial charge is 0.476 e. The zero-order chi connectivity index (χ0) is 10.3. The van der Waals surface area contributed by atoms with Gasteiger partial charge in [0.25, 0.3) is 0 Å². The van der Waals surface area contributed by atoms with Crippen LogP contribution < -0.4 is 0 Å². The van der Waals surface area contributed by atoms with E-state index in [-0.39, 0.29) is 22.4 Å². The van der Waals surface area contributed by atoms with Gasteiger partial charge in [-0.2, -0.15) is 0 Å². The average molecular weight is 284 g/mol. The summed E-state index contributed by atoms with van der Waals surface area (Å²) >= 11 is 0. The van der Waals surface area contributed by atoms with Crippen LogP contribution in [0, 0.1) is 0 Å². The molecule has 0 unspecified atom stereocenters. The van der Waals surface area contributed by atoms with Crippen LogP contribution in [0.3, 0.4) is 0 Å². The van der Waals surface area contributed by atoms with Gasteiger partial charge in [-0.05, 0) is 0 Å². The van der Waals surface area contributed by atoms with Crippen LogP contribution in [0.4, 0.5) is 0 Å². The molecule has 0 aromatic carbocycles. The Bertz CT molecular complexity index is 173. The van der Waals surface area contributed by atoms with Crippen molar-refractivity contribution in [1.82, 2.24) is 0 Å². The average Bonchev–Trinajstić information content (AvgIpc) is 1.88. The van der Waals surface area contributed by atoms with Crippen molar-refractivity contribution in [2.24, 2.45) is 0 Å². The quantitative estimate of drug-likeness (QED) is 0.513. The fourth-order valence-electron chi connectivity index (χ4n) is 0. The third kappa shape index (κ3) is 18.2. The van der Waals surface area contributed by atoms with Crippen LogP contribution >= 0.6 is 0 Å². The molecule has 0 spiro atoms. The van der Waals surface area contributed by atoms with Crippen LogP contribution in [0.2, 0.25) is 0 Å². The monoisotopic (exact) mass is 283 g/mol. The summed E-state index contributed by atoms with van der Waals surface area (Å²) in [6.45, 7) is 2.00. The van der Waals surface area contributed by atoms with Gasteiger partial charge in [0.05, 0.1) is 0 Å². The first-order valence-electron chi connectivity index (χ1n) is 2.76.